The van der Waals surface area contributed by atoms with Crippen LogP contribution >= 0.6 is 0 Å². The molecule has 0 spiro atoms. The van der Waals surface area contributed by atoms with Gasteiger partial charge in [-0.1, -0.05) is 0 Å². The van der Waals surface area contributed by atoms with Crippen molar-refractivity contribution in [3.8, 4) is 17.1 Å². The molecule has 0 aliphatic heterocycles. The van der Waals surface area contributed by atoms with Gasteiger partial charge in [0, 0.05) is 23.8 Å². The maximum absolute atomic E-state index is 12.0. The highest BCUT2D eigenvalue weighted by atomic mass is 16.6. The normalized spacial score (nSPS) is 11.4. The fourth-order valence-electron chi connectivity index (χ4n) is 3.06. The van der Waals surface area contributed by atoms with Crippen LogP contribution < -0.4 is 11.1 Å². The Balaban J connectivity index is 1.74. The van der Waals surface area contributed by atoms with Crippen LogP contribution in [0.1, 0.15) is 20.8 Å². The molecule has 8 heteroatoms. The summed E-state index contributed by atoms with van der Waals surface area (Å²) in [5, 5.41) is 2.73. The maximum Gasteiger partial charge on any atom is 0.412 e. The van der Waals surface area contributed by atoms with Crippen LogP contribution in [0.4, 0.5) is 16.3 Å². The molecule has 1 amide bonds. The Hall–Kier alpha value is -3.94. The maximum atomic E-state index is 12.0. The van der Waals surface area contributed by atoms with Crippen molar-refractivity contribution in [1.29, 1.82) is 0 Å². The van der Waals surface area contributed by atoms with E-state index < -0.39 is 11.7 Å². The zero-order valence-electron chi connectivity index (χ0n) is 17.0. The fourth-order valence-corrected chi connectivity index (χ4v) is 3.06. The van der Waals surface area contributed by atoms with E-state index in [-0.39, 0.29) is 0 Å². The minimum atomic E-state index is -0.566. The average molecular weight is 402 g/mol. The Labute approximate surface area is 173 Å². The van der Waals surface area contributed by atoms with Gasteiger partial charge < -0.3 is 10.5 Å². The molecular weight excluding hydrogens is 380 g/mol. The highest BCUT2D eigenvalue weighted by molar-refractivity contribution is 5.86. The molecule has 1 aromatic carbocycles. The first-order chi connectivity index (χ1) is 14.3. The van der Waals surface area contributed by atoms with Crippen molar-refractivity contribution in [2.75, 3.05) is 11.1 Å². The van der Waals surface area contributed by atoms with Crippen LogP contribution in [0.5, 0.6) is 0 Å². The van der Waals surface area contributed by atoms with E-state index in [1.807, 2.05) is 61.7 Å². The lowest BCUT2D eigenvalue weighted by Crippen LogP contribution is -2.27. The second-order valence-electron chi connectivity index (χ2n) is 7.73. The number of nitrogens with zero attached hydrogens (tertiary/aromatic N) is 4. The first-order valence-corrected chi connectivity index (χ1v) is 9.46. The standard InChI is InChI=1S/C22H22N6O2/c1-22(2,3)30-21(29)26-14-8-10-15(11-9-14)28-19(16-6-4-12-24-18(16)23)27-17-7-5-13-25-20(17)28/h4-13H,1-3H3,(H2,23,24)(H,26,29). The summed E-state index contributed by atoms with van der Waals surface area (Å²) in [5.41, 5.74) is 9.14. The number of fused-ring (bicyclic) bond motifs is 1. The molecule has 0 unspecified atom stereocenters. The number of ether oxygens (including phenoxy) is 1. The van der Waals surface area contributed by atoms with Gasteiger partial charge in [0.1, 0.15) is 16.9 Å². The summed E-state index contributed by atoms with van der Waals surface area (Å²) in [5.74, 6) is 1.03. The van der Waals surface area contributed by atoms with Crippen molar-refractivity contribution < 1.29 is 9.53 Å². The highest BCUT2D eigenvalue weighted by Gasteiger charge is 2.18. The molecule has 3 heterocycles. The highest BCUT2D eigenvalue weighted by Crippen LogP contribution is 2.30. The van der Waals surface area contributed by atoms with Crippen molar-refractivity contribution in [2.45, 2.75) is 26.4 Å². The quantitative estimate of drug-likeness (QED) is 0.525. The van der Waals surface area contributed by atoms with Crippen molar-refractivity contribution in [1.82, 2.24) is 19.5 Å². The number of benzene rings is 1. The summed E-state index contributed by atoms with van der Waals surface area (Å²) in [6, 6.07) is 14.8. The Bertz CT molecular complexity index is 1210. The summed E-state index contributed by atoms with van der Waals surface area (Å²) >= 11 is 0. The van der Waals surface area contributed by atoms with Gasteiger partial charge in [0.2, 0.25) is 0 Å². The molecule has 0 atom stereocenters. The van der Waals surface area contributed by atoms with Crippen molar-refractivity contribution in [3.05, 3.63) is 60.9 Å². The Kier molecular flexibility index (Phi) is 4.83. The third kappa shape index (κ3) is 3.93. The smallest absolute Gasteiger partial charge is 0.412 e. The molecule has 0 saturated carbocycles. The number of nitrogens with two attached hydrogens (primary N) is 1. The molecule has 0 aliphatic rings. The van der Waals surface area contributed by atoms with Gasteiger partial charge in [0.15, 0.2) is 11.5 Å². The number of rotatable bonds is 3. The van der Waals surface area contributed by atoms with Gasteiger partial charge in [0.05, 0.1) is 5.56 Å². The third-order valence-electron chi connectivity index (χ3n) is 4.27. The van der Waals surface area contributed by atoms with Crippen molar-refractivity contribution in [3.63, 3.8) is 0 Å². The molecule has 3 N–H and O–H groups in total. The van der Waals surface area contributed by atoms with Gasteiger partial charge in [-0.2, -0.15) is 0 Å². The van der Waals surface area contributed by atoms with Gasteiger partial charge in [-0.15, -0.1) is 0 Å². The number of nitrogen functional groups attached to an aromatic ring is 1. The lowest BCUT2D eigenvalue weighted by Gasteiger charge is -2.19. The minimum Gasteiger partial charge on any atom is -0.444 e. The molecule has 4 rings (SSSR count). The summed E-state index contributed by atoms with van der Waals surface area (Å²) in [4.78, 5) is 25.4. The van der Waals surface area contributed by atoms with E-state index in [2.05, 4.69) is 15.3 Å². The molecule has 4 aromatic rings. The van der Waals surface area contributed by atoms with Crippen molar-refractivity contribution >= 4 is 28.8 Å². The number of nitrogens with one attached hydrogen (secondary N) is 1. The van der Waals surface area contributed by atoms with Gasteiger partial charge in [-0.05, 0) is 69.3 Å². The number of aromatic nitrogens is 4. The Morgan fingerprint density at radius 2 is 1.73 bits per heavy atom. The second kappa shape index (κ2) is 7.47. The number of amides is 1. The van der Waals surface area contributed by atoms with Crippen LogP contribution in [0.25, 0.3) is 28.2 Å². The zero-order valence-corrected chi connectivity index (χ0v) is 17.0. The number of hydrogen-bond acceptors (Lipinski definition) is 6. The predicted molar refractivity (Wildman–Crippen MR) is 116 cm³/mol. The number of anilines is 2. The Morgan fingerprint density at radius 1 is 1.03 bits per heavy atom. The molecule has 30 heavy (non-hydrogen) atoms. The SMILES string of the molecule is CC(C)(C)OC(=O)Nc1ccc(-n2c(-c3cccnc3N)nc3cccnc32)cc1. The molecule has 0 fully saturated rings. The molecule has 3 aromatic heterocycles. The van der Waals surface area contributed by atoms with E-state index in [1.165, 1.54) is 0 Å². The number of carbonyl (C=O) groups excluding carboxylic acids is 1. The number of pyridine rings is 2. The summed E-state index contributed by atoms with van der Waals surface area (Å²) in [6.07, 6.45) is 2.85. The molecule has 0 aliphatic carbocycles. The van der Waals surface area contributed by atoms with Crippen LogP contribution in [0, 0.1) is 0 Å². The van der Waals surface area contributed by atoms with Gasteiger partial charge in [0.25, 0.3) is 0 Å². The van der Waals surface area contributed by atoms with Crippen LogP contribution in [0.2, 0.25) is 0 Å². The van der Waals surface area contributed by atoms with Crippen molar-refractivity contribution in [2.24, 2.45) is 0 Å². The largest absolute Gasteiger partial charge is 0.444 e. The van der Waals surface area contributed by atoms with Crippen LogP contribution in [0.15, 0.2) is 60.9 Å². The molecule has 152 valence electrons. The Morgan fingerprint density at radius 3 is 2.43 bits per heavy atom. The minimum absolute atomic E-state index is 0.386. The third-order valence-corrected chi connectivity index (χ3v) is 4.27. The first-order valence-electron chi connectivity index (χ1n) is 9.46. The van der Waals surface area contributed by atoms with E-state index in [4.69, 9.17) is 15.5 Å². The van der Waals surface area contributed by atoms with E-state index in [0.29, 0.717) is 28.5 Å². The predicted octanol–water partition coefficient (Wildman–Crippen LogP) is 4.41. The van der Waals surface area contributed by atoms with E-state index in [9.17, 15) is 4.79 Å². The molecular formula is C22H22N6O2. The summed E-state index contributed by atoms with van der Waals surface area (Å²) in [6.45, 7) is 5.45. The lowest BCUT2D eigenvalue weighted by atomic mass is 10.2. The number of hydrogen-bond donors (Lipinski definition) is 2. The second-order valence-corrected chi connectivity index (χ2v) is 7.73. The number of imidazole rings is 1. The summed E-state index contributed by atoms with van der Waals surface area (Å²) in [7, 11) is 0. The van der Waals surface area contributed by atoms with Crippen LogP contribution in [-0.2, 0) is 4.74 Å². The monoisotopic (exact) mass is 402 g/mol. The lowest BCUT2D eigenvalue weighted by molar-refractivity contribution is 0.0636. The van der Waals surface area contributed by atoms with E-state index in [1.54, 1.807) is 24.5 Å². The van der Waals surface area contributed by atoms with E-state index in [0.717, 1.165) is 11.2 Å². The molecule has 0 bridgehead atoms. The zero-order chi connectivity index (χ0) is 21.3. The van der Waals surface area contributed by atoms with Gasteiger partial charge in [-0.3, -0.25) is 9.88 Å². The molecule has 0 radical (unpaired) electrons. The number of carbonyl (C=O) groups is 1. The van der Waals surface area contributed by atoms with Gasteiger partial charge >= 0.3 is 6.09 Å². The summed E-state index contributed by atoms with van der Waals surface area (Å²) < 4.78 is 7.21. The molecule has 0 saturated heterocycles. The molecule has 8 nitrogen and oxygen atoms in total. The van der Waals surface area contributed by atoms with E-state index >= 15 is 0 Å². The first kappa shape index (κ1) is 19.4. The average Bonchev–Trinajstić information content (AvgIpc) is 3.07. The van der Waals surface area contributed by atoms with Crippen LogP contribution in [0.3, 0.4) is 0 Å². The van der Waals surface area contributed by atoms with Gasteiger partial charge in [-0.25, -0.2) is 19.7 Å². The fraction of sp³-hybridized carbons (Fsp3) is 0.182. The topological polar surface area (TPSA) is 108 Å². The van der Waals surface area contributed by atoms with Crippen LogP contribution in [-0.4, -0.2) is 31.2 Å².